The summed E-state index contributed by atoms with van der Waals surface area (Å²) in [5, 5.41) is 3.28. The van der Waals surface area contributed by atoms with Gasteiger partial charge in [-0.15, -0.1) is 0 Å². The van der Waals surface area contributed by atoms with Gasteiger partial charge in [-0.05, 0) is 37.2 Å². The van der Waals surface area contributed by atoms with Gasteiger partial charge in [0.05, 0.1) is 12.0 Å². The Morgan fingerprint density at radius 1 is 1.28 bits per heavy atom. The van der Waals surface area contributed by atoms with E-state index in [1.54, 1.807) is 6.07 Å². The molecule has 132 valence electrons. The fraction of sp³-hybridized carbons (Fsp3) is 0.333. The summed E-state index contributed by atoms with van der Waals surface area (Å²) >= 11 is 0. The molecule has 4 rings (SSSR count). The third kappa shape index (κ3) is 2.58. The lowest BCUT2D eigenvalue weighted by Gasteiger charge is -2.24. The van der Waals surface area contributed by atoms with Crippen molar-refractivity contribution in [3.63, 3.8) is 0 Å². The molecular weight excluding hydrogens is 345 g/mol. The first-order chi connectivity index (χ1) is 12.0. The number of sulfone groups is 1. The quantitative estimate of drug-likeness (QED) is 0.908. The van der Waals surface area contributed by atoms with Crippen LogP contribution in [0, 0.1) is 5.82 Å². The molecule has 0 amide bonds. The summed E-state index contributed by atoms with van der Waals surface area (Å²) in [5.41, 5.74) is 1.02. The third-order valence-electron chi connectivity index (χ3n) is 4.84. The molecule has 2 aliphatic rings. The number of halogens is 1. The zero-order valence-electron chi connectivity index (χ0n) is 13.7. The number of hydrogen-bond donors (Lipinski definition) is 1. The van der Waals surface area contributed by atoms with Crippen molar-refractivity contribution >= 4 is 9.84 Å². The molecule has 0 aromatic heterocycles. The number of piperidine rings is 1. The maximum absolute atomic E-state index is 14.4. The third-order valence-corrected chi connectivity index (χ3v) is 6.61. The van der Waals surface area contributed by atoms with Crippen LogP contribution in [0.2, 0.25) is 0 Å². The predicted molar refractivity (Wildman–Crippen MR) is 89.5 cm³/mol. The second-order valence-corrected chi connectivity index (χ2v) is 8.15. The van der Waals surface area contributed by atoms with E-state index < -0.39 is 20.5 Å². The molecule has 25 heavy (non-hydrogen) atoms. The first kappa shape index (κ1) is 16.4. The molecule has 2 aromatic carbocycles. The minimum atomic E-state index is -4.01. The topological polar surface area (TPSA) is 64.6 Å². The van der Waals surface area contributed by atoms with E-state index in [2.05, 4.69) is 5.32 Å². The Balaban J connectivity index is 1.76. The van der Waals surface area contributed by atoms with E-state index in [0.717, 1.165) is 25.1 Å². The van der Waals surface area contributed by atoms with Crippen molar-refractivity contribution < 1.29 is 22.3 Å². The van der Waals surface area contributed by atoms with Crippen molar-refractivity contribution in [3.8, 4) is 11.5 Å². The molecule has 1 N–H and O–H groups in total. The fourth-order valence-electron chi connectivity index (χ4n) is 3.55. The van der Waals surface area contributed by atoms with E-state index in [1.165, 1.54) is 37.4 Å². The van der Waals surface area contributed by atoms with E-state index in [4.69, 9.17) is 9.47 Å². The van der Waals surface area contributed by atoms with Crippen LogP contribution in [0.4, 0.5) is 4.39 Å². The molecule has 2 aliphatic heterocycles. The second-order valence-electron chi connectivity index (χ2n) is 6.23. The van der Waals surface area contributed by atoms with E-state index in [1.807, 2.05) is 0 Å². The highest BCUT2D eigenvalue weighted by molar-refractivity contribution is 7.91. The first-order valence-corrected chi connectivity index (χ1v) is 9.59. The number of benzene rings is 2. The molecule has 2 aromatic rings. The summed E-state index contributed by atoms with van der Waals surface area (Å²) in [4.78, 5) is -0.381. The van der Waals surface area contributed by atoms with E-state index in [9.17, 15) is 12.8 Å². The number of hydrogen-bond acceptors (Lipinski definition) is 5. The molecule has 1 saturated heterocycles. The lowest BCUT2D eigenvalue weighted by Crippen LogP contribution is -2.39. The SMILES string of the molecule is COc1cccc(S(=O)(=O)c2ccc3c(c2)OC2CNCCC32)c1F. The van der Waals surface area contributed by atoms with Crippen LogP contribution in [0.25, 0.3) is 0 Å². The van der Waals surface area contributed by atoms with Crippen LogP contribution >= 0.6 is 0 Å². The number of methoxy groups -OCH3 is 1. The number of ether oxygens (including phenoxy) is 2. The largest absolute Gasteiger partial charge is 0.494 e. The van der Waals surface area contributed by atoms with Crippen LogP contribution in [-0.2, 0) is 9.84 Å². The molecule has 0 saturated carbocycles. The van der Waals surface area contributed by atoms with Crippen molar-refractivity contribution in [1.29, 1.82) is 0 Å². The van der Waals surface area contributed by atoms with Gasteiger partial charge < -0.3 is 14.8 Å². The van der Waals surface area contributed by atoms with Crippen LogP contribution in [0.15, 0.2) is 46.2 Å². The molecule has 0 bridgehead atoms. The molecule has 0 spiro atoms. The molecule has 2 atom stereocenters. The average Bonchev–Trinajstić information content (AvgIpc) is 2.99. The van der Waals surface area contributed by atoms with Gasteiger partial charge in [-0.25, -0.2) is 12.8 Å². The highest BCUT2D eigenvalue weighted by atomic mass is 32.2. The van der Waals surface area contributed by atoms with Crippen molar-refractivity contribution in [2.75, 3.05) is 20.2 Å². The molecule has 1 fully saturated rings. The van der Waals surface area contributed by atoms with E-state index >= 15 is 0 Å². The molecule has 5 nitrogen and oxygen atoms in total. The van der Waals surface area contributed by atoms with E-state index in [0.29, 0.717) is 5.75 Å². The lowest BCUT2D eigenvalue weighted by atomic mass is 9.90. The minimum absolute atomic E-state index is 0.0185. The average molecular weight is 363 g/mol. The predicted octanol–water partition coefficient (Wildman–Crippen LogP) is 2.51. The van der Waals surface area contributed by atoms with Gasteiger partial charge in [0.1, 0.15) is 16.7 Å². The molecule has 0 radical (unpaired) electrons. The zero-order chi connectivity index (χ0) is 17.6. The standard InChI is InChI=1S/C18H18FNO4S/c1-23-14-3-2-4-17(18(14)19)25(21,22)11-5-6-12-13-7-8-20-10-16(13)24-15(12)9-11/h2-6,9,13,16,20H,7-8,10H2,1H3. The Kier molecular flexibility index (Phi) is 3.92. The number of fused-ring (bicyclic) bond motifs is 3. The van der Waals surface area contributed by atoms with Crippen molar-refractivity contribution in [1.82, 2.24) is 5.32 Å². The molecule has 2 heterocycles. The lowest BCUT2D eigenvalue weighted by molar-refractivity contribution is 0.176. The fourth-order valence-corrected chi connectivity index (χ4v) is 4.90. The second kappa shape index (κ2) is 6.00. The Morgan fingerprint density at radius 2 is 2.12 bits per heavy atom. The molecule has 2 unspecified atom stereocenters. The maximum Gasteiger partial charge on any atom is 0.209 e. The Labute approximate surface area is 145 Å². The van der Waals surface area contributed by atoms with Crippen LogP contribution in [-0.4, -0.2) is 34.7 Å². The van der Waals surface area contributed by atoms with Gasteiger partial charge in [0.25, 0.3) is 0 Å². The van der Waals surface area contributed by atoms with Gasteiger partial charge in [0, 0.05) is 18.0 Å². The highest BCUT2D eigenvalue weighted by Gasteiger charge is 2.37. The minimum Gasteiger partial charge on any atom is -0.494 e. The van der Waals surface area contributed by atoms with Crippen LogP contribution in [0.5, 0.6) is 11.5 Å². The molecular formula is C18H18FNO4S. The summed E-state index contributed by atoms with van der Waals surface area (Å²) in [7, 11) is -2.71. The molecule has 7 heteroatoms. The summed E-state index contributed by atoms with van der Waals surface area (Å²) in [6, 6.07) is 8.90. The van der Waals surface area contributed by atoms with Gasteiger partial charge in [-0.3, -0.25) is 0 Å². The summed E-state index contributed by atoms with van der Waals surface area (Å²) in [6.07, 6.45) is 0.976. The van der Waals surface area contributed by atoms with Crippen LogP contribution in [0.3, 0.4) is 0 Å². The van der Waals surface area contributed by atoms with Gasteiger partial charge in [-0.1, -0.05) is 12.1 Å². The summed E-state index contributed by atoms with van der Waals surface area (Å²) in [6.45, 7) is 1.66. The van der Waals surface area contributed by atoms with E-state index in [-0.39, 0.29) is 22.7 Å². The van der Waals surface area contributed by atoms with Crippen LogP contribution < -0.4 is 14.8 Å². The highest BCUT2D eigenvalue weighted by Crippen LogP contribution is 2.43. The van der Waals surface area contributed by atoms with Crippen molar-refractivity contribution in [2.24, 2.45) is 0 Å². The normalized spacial score (nSPS) is 22.0. The molecule has 0 aliphatic carbocycles. The van der Waals surface area contributed by atoms with Gasteiger partial charge in [-0.2, -0.15) is 0 Å². The first-order valence-electron chi connectivity index (χ1n) is 8.11. The Bertz CT molecular complexity index is 929. The van der Waals surface area contributed by atoms with Crippen molar-refractivity contribution in [2.45, 2.75) is 28.2 Å². The Hall–Kier alpha value is -2.12. The summed E-state index contributed by atoms with van der Waals surface area (Å²) in [5.74, 6) is -0.135. The Morgan fingerprint density at radius 3 is 2.92 bits per heavy atom. The van der Waals surface area contributed by atoms with Gasteiger partial charge in [0.15, 0.2) is 11.6 Å². The van der Waals surface area contributed by atoms with Gasteiger partial charge >= 0.3 is 0 Å². The number of nitrogens with one attached hydrogen (secondary N) is 1. The zero-order valence-corrected chi connectivity index (χ0v) is 14.5. The van der Waals surface area contributed by atoms with Gasteiger partial charge in [0.2, 0.25) is 9.84 Å². The maximum atomic E-state index is 14.4. The number of rotatable bonds is 3. The monoisotopic (exact) mass is 363 g/mol. The van der Waals surface area contributed by atoms with Crippen LogP contribution in [0.1, 0.15) is 17.9 Å². The van der Waals surface area contributed by atoms with Crippen molar-refractivity contribution in [3.05, 3.63) is 47.8 Å². The smallest absolute Gasteiger partial charge is 0.209 e. The summed E-state index contributed by atoms with van der Waals surface area (Å²) < 4.78 is 51.0.